The molecule has 0 aromatic heterocycles. The van der Waals surface area contributed by atoms with Crippen molar-refractivity contribution in [1.29, 1.82) is 0 Å². The third-order valence-corrected chi connectivity index (χ3v) is 3.32. The summed E-state index contributed by atoms with van der Waals surface area (Å²) in [6.07, 6.45) is 4.18. The molecule has 0 spiro atoms. The van der Waals surface area contributed by atoms with Crippen LogP contribution in [0.3, 0.4) is 0 Å². The maximum absolute atomic E-state index is 6.07. The van der Waals surface area contributed by atoms with Crippen molar-refractivity contribution in [2.24, 2.45) is 5.73 Å². The highest BCUT2D eigenvalue weighted by atomic mass is 15.2. The summed E-state index contributed by atoms with van der Waals surface area (Å²) in [5, 5.41) is 0. The van der Waals surface area contributed by atoms with Crippen molar-refractivity contribution in [3.63, 3.8) is 0 Å². The molecule has 0 bridgehead atoms. The Balaban J connectivity index is 1.78. The van der Waals surface area contributed by atoms with Crippen LogP contribution in [0.2, 0.25) is 0 Å². The third-order valence-electron chi connectivity index (χ3n) is 3.32. The van der Waals surface area contributed by atoms with Crippen LogP contribution in [0.5, 0.6) is 0 Å². The predicted octanol–water partition coefficient (Wildman–Crippen LogP) is 0.894. The zero-order chi connectivity index (χ0) is 10.9. The van der Waals surface area contributed by atoms with Gasteiger partial charge in [0, 0.05) is 31.2 Å². The fourth-order valence-electron chi connectivity index (χ4n) is 2.53. The van der Waals surface area contributed by atoms with Crippen molar-refractivity contribution in [3.05, 3.63) is 0 Å². The summed E-state index contributed by atoms with van der Waals surface area (Å²) in [4.78, 5) is 5.20. The first-order valence-electron chi connectivity index (χ1n) is 6.30. The molecule has 3 heteroatoms. The maximum Gasteiger partial charge on any atom is 0.0226 e. The van der Waals surface area contributed by atoms with E-state index in [0.29, 0.717) is 0 Å². The minimum atomic E-state index is -0.0469. The van der Waals surface area contributed by atoms with Crippen LogP contribution in [0.15, 0.2) is 0 Å². The number of nitrogens with zero attached hydrogens (tertiary/aromatic N) is 2. The molecule has 2 N–H and O–H groups in total. The summed E-state index contributed by atoms with van der Waals surface area (Å²) in [6, 6.07) is 0.927. The normalized spacial score (nSPS) is 26.6. The van der Waals surface area contributed by atoms with Gasteiger partial charge in [-0.05, 0) is 46.2 Å². The molecule has 15 heavy (non-hydrogen) atoms. The quantitative estimate of drug-likeness (QED) is 0.752. The molecule has 0 aromatic rings. The molecule has 2 aliphatic rings. The van der Waals surface area contributed by atoms with Gasteiger partial charge in [-0.15, -0.1) is 0 Å². The number of hydrogen-bond donors (Lipinski definition) is 1. The Morgan fingerprint density at radius 1 is 1.13 bits per heavy atom. The van der Waals surface area contributed by atoms with E-state index in [1.54, 1.807) is 0 Å². The van der Waals surface area contributed by atoms with Gasteiger partial charge in [0.25, 0.3) is 0 Å². The van der Waals surface area contributed by atoms with Crippen LogP contribution in [0.4, 0.5) is 0 Å². The second-order valence-corrected chi connectivity index (χ2v) is 5.89. The van der Waals surface area contributed by atoms with E-state index in [1.807, 2.05) is 0 Å². The van der Waals surface area contributed by atoms with Crippen molar-refractivity contribution in [2.45, 2.75) is 44.7 Å². The standard InChI is InChI=1S/C12H25N3/c1-12(2,13)10-14-6-3-7-15(9-8-14)11-4-5-11/h11H,3-10,13H2,1-2H3. The first-order valence-corrected chi connectivity index (χ1v) is 6.30. The highest BCUT2D eigenvalue weighted by Crippen LogP contribution is 2.27. The van der Waals surface area contributed by atoms with Crippen molar-refractivity contribution in [2.75, 3.05) is 32.7 Å². The zero-order valence-electron chi connectivity index (χ0n) is 10.2. The molecule has 88 valence electrons. The highest BCUT2D eigenvalue weighted by molar-refractivity contribution is 4.87. The van der Waals surface area contributed by atoms with Crippen LogP contribution >= 0.6 is 0 Å². The first-order chi connectivity index (χ1) is 7.04. The number of hydrogen-bond acceptors (Lipinski definition) is 3. The Hall–Kier alpha value is -0.120. The van der Waals surface area contributed by atoms with Gasteiger partial charge >= 0.3 is 0 Å². The fraction of sp³-hybridized carbons (Fsp3) is 1.00. The summed E-state index contributed by atoms with van der Waals surface area (Å²) in [7, 11) is 0. The van der Waals surface area contributed by atoms with Crippen LogP contribution in [-0.4, -0.2) is 54.1 Å². The molecular formula is C12H25N3. The van der Waals surface area contributed by atoms with E-state index in [9.17, 15) is 0 Å². The molecule has 1 aliphatic heterocycles. The molecule has 0 radical (unpaired) electrons. The third kappa shape index (κ3) is 3.74. The molecule has 1 aliphatic carbocycles. The van der Waals surface area contributed by atoms with Gasteiger partial charge in [0.1, 0.15) is 0 Å². The number of nitrogens with two attached hydrogens (primary N) is 1. The lowest BCUT2D eigenvalue weighted by Gasteiger charge is -2.28. The largest absolute Gasteiger partial charge is 0.324 e. The van der Waals surface area contributed by atoms with E-state index in [0.717, 1.165) is 12.6 Å². The Kier molecular flexibility index (Phi) is 3.33. The highest BCUT2D eigenvalue weighted by Gasteiger charge is 2.30. The molecule has 1 heterocycles. The Morgan fingerprint density at radius 3 is 2.47 bits per heavy atom. The average Bonchev–Trinajstić information content (AvgIpc) is 2.85. The van der Waals surface area contributed by atoms with Gasteiger partial charge < -0.3 is 10.6 Å². The summed E-state index contributed by atoms with van der Waals surface area (Å²) < 4.78 is 0. The van der Waals surface area contributed by atoms with E-state index < -0.39 is 0 Å². The second-order valence-electron chi connectivity index (χ2n) is 5.89. The van der Waals surface area contributed by atoms with E-state index >= 15 is 0 Å². The van der Waals surface area contributed by atoms with E-state index in [2.05, 4.69) is 23.6 Å². The summed E-state index contributed by atoms with van der Waals surface area (Å²) in [5.41, 5.74) is 6.02. The molecule has 3 nitrogen and oxygen atoms in total. The van der Waals surface area contributed by atoms with Gasteiger partial charge in [-0.2, -0.15) is 0 Å². The first kappa shape index (κ1) is 11.4. The summed E-state index contributed by atoms with van der Waals surface area (Å²) >= 11 is 0. The van der Waals surface area contributed by atoms with Crippen molar-refractivity contribution in [1.82, 2.24) is 9.80 Å². The van der Waals surface area contributed by atoms with E-state index in [4.69, 9.17) is 5.73 Å². The number of rotatable bonds is 3. The van der Waals surface area contributed by atoms with Gasteiger partial charge in [0.15, 0.2) is 0 Å². The molecule has 1 saturated heterocycles. The summed E-state index contributed by atoms with van der Waals surface area (Å²) in [5.74, 6) is 0. The van der Waals surface area contributed by atoms with Crippen LogP contribution in [0.25, 0.3) is 0 Å². The van der Waals surface area contributed by atoms with Gasteiger partial charge in [-0.25, -0.2) is 0 Å². The Bertz CT molecular complexity index is 205. The SMILES string of the molecule is CC(C)(N)CN1CCCN(C2CC2)CC1. The Morgan fingerprint density at radius 2 is 1.87 bits per heavy atom. The van der Waals surface area contributed by atoms with Crippen LogP contribution in [-0.2, 0) is 0 Å². The molecule has 0 aromatic carbocycles. The molecule has 2 rings (SSSR count). The maximum atomic E-state index is 6.07. The lowest BCUT2D eigenvalue weighted by molar-refractivity contribution is 0.221. The molecule has 2 fully saturated rings. The van der Waals surface area contributed by atoms with E-state index in [1.165, 1.54) is 45.4 Å². The topological polar surface area (TPSA) is 32.5 Å². The second kappa shape index (κ2) is 4.40. The predicted molar refractivity (Wildman–Crippen MR) is 63.9 cm³/mol. The smallest absolute Gasteiger partial charge is 0.0226 e. The van der Waals surface area contributed by atoms with Crippen molar-refractivity contribution in [3.8, 4) is 0 Å². The van der Waals surface area contributed by atoms with Crippen LogP contribution in [0, 0.1) is 0 Å². The summed E-state index contributed by atoms with van der Waals surface area (Å²) in [6.45, 7) is 10.3. The fourth-order valence-corrected chi connectivity index (χ4v) is 2.53. The molecular weight excluding hydrogens is 186 g/mol. The lowest BCUT2D eigenvalue weighted by Crippen LogP contribution is -2.46. The molecule has 0 amide bonds. The minimum absolute atomic E-state index is 0.0469. The minimum Gasteiger partial charge on any atom is -0.324 e. The van der Waals surface area contributed by atoms with Gasteiger partial charge in [-0.1, -0.05) is 0 Å². The monoisotopic (exact) mass is 211 g/mol. The molecule has 0 unspecified atom stereocenters. The van der Waals surface area contributed by atoms with Gasteiger partial charge in [-0.3, -0.25) is 4.90 Å². The van der Waals surface area contributed by atoms with E-state index in [-0.39, 0.29) is 5.54 Å². The zero-order valence-corrected chi connectivity index (χ0v) is 10.2. The average molecular weight is 211 g/mol. The lowest BCUT2D eigenvalue weighted by atomic mass is 10.1. The molecule has 0 atom stereocenters. The van der Waals surface area contributed by atoms with Crippen molar-refractivity contribution >= 4 is 0 Å². The van der Waals surface area contributed by atoms with Gasteiger partial charge in [0.2, 0.25) is 0 Å². The van der Waals surface area contributed by atoms with Crippen molar-refractivity contribution < 1.29 is 0 Å². The van der Waals surface area contributed by atoms with Crippen LogP contribution < -0.4 is 5.73 Å². The molecule has 1 saturated carbocycles. The Labute approximate surface area is 93.6 Å². The van der Waals surface area contributed by atoms with Crippen LogP contribution in [0.1, 0.15) is 33.1 Å². The van der Waals surface area contributed by atoms with Gasteiger partial charge in [0.05, 0.1) is 0 Å².